The quantitative estimate of drug-likeness (QED) is 0.804. The molecule has 0 spiro atoms. The van der Waals surface area contributed by atoms with Crippen LogP contribution < -0.4 is 0 Å². The molecule has 5 nitrogen and oxygen atoms in total. The van der Waals surface area contributed by atoms with E-state index in [-0.39, 0.29) is 5.41 Å². The van der Waals surface area contributed by atoms with Gasteiger partial charge in [0.25, 0.3) is 0 Å². The van der Waals surface area contributed by atoms with Crippen LogP contribution in [0.2, 0.25) is 0 Å². The zero-order chi connectivity index (χ0) is 12.3. The Balaban J connectivity index is 1.78. The molecule has 0 atom stereocenters. The highest BCUT2D eigenvalue weighted by atomic mass is 32.2. The Kier molecular flexibility index (Phi) is 3.71. The number of hydrogen-bond acceptors (Lipinski definition) is 4. The third kappa shape index (κ3) is 3.21. The Morgan fingerprint density at radius 2 is 2.41 bits per heavy atom. The van der Waals surface area contributed by atoms with Gasteiger partial charge in [-0.05, 0) is 30.9 Å². The van der Waals surface area contributed by atoms with Crippen molar-refractivity contribution in [1.82, 2.24) is 14.8 Å². The molecule has 2 rings (SSSR count). The molecule has 94 valence electrons. The highest BCUT2D eigenvalue weighted by molar-refractivity contribution is 7.98. The summed E-state index contributed by atoms with van der Waals surface area (Å²) in [5.41, 5.74) is 0.0631. The van der Waals surface area contributed by atoms with Crippen molar-refractivity contribution in [2.75, 3.05) is 5.75 Å². The van der Waals surface area contributed by atoms with Gasteiger partial charge in [0.2, 0.25) is 0 Å². The minimum absolute atomic E-state index is 0.0631. The van der Waals surface area contributed by atoms with E-state index < -0.39 is 5.97 Å². The van der Waals surface area contributed by atoms with E-state index in [9.17, 15) is 4.79 Å². The predicted octanol–water partition coefficient (Wildman–Crippen LogP) is 1.79. The summed E-state index contributed by atoms with van der Waals surface area (Å²) in [6.45, 7) is 2.87. The van der Waals surface area contributed by atoms with E-state index in [1.807, 2.05) is 11.6 Å². The largest absolute Gasteiger partial charge is 0.481 e. The van der Waals surface area contributed by atoms with Gasteiger partial charge in [-0.15, -0.1) is 0 Å². The molecule has 1 aromatic heterocycles. The topological polar surface area (TPSA) is 68.0 Å². The number of nitrogens with zero attached hydrogens (tertiary/aromatic N) is 3. The number of carboxylic acid groups (broad SMARTS) is 1. The van der Waals surface area contributed by atoms with Crippen molar-refractivity contribution in [1.29, 1.82) is 0 Å². The lowest BCUT2D eigenvalue weighted by molar-refractivity contribution is -0.138. The minimum Gasteiger partial charge on any atom is -0.481 e. The highest BCUT2D eigenvalue weighted by Crippen LogP contribution is 2.51. The van der Waals surface area contributed by atoms with Crippen LogP contribution in [0.15, 0.2) is 6.33 Å². The number of hydrogen-bond donors (Lipinski definition) is 1. The van der Waals surface area contributed by atoms with Gasteiger partial charge in [-0.2, -0.15) is 16.9 Å². The van der Waals surface area contributed by atoms with E-state index in [0.717, 1.165) is 36.7 Å². The van der Waals surface area contributed by atoms with Gasteiger partial charge < -0.3 is 5.11 Å². The van der Waals surface area contributed by atoms with Crippen molar-refractivity contribution < 1.29 is 9.90 Å². The molecule has 1 aliphatic rings. The average Bonchev–Trinajstić information content (AvgIpc) is 2.88. The molecule has 1 aliphatic carbocycles. The molecule has 0 aromatic carbocycles. The summed E-state index contributed by atoms with van der Waals surface area (Å²) < 4.78 is 1.88. The summed E-state index contributed by atoms with van der Waals surface area (Å²) in [4.78, 5) is 14.9. The van der Waals surface area contributed by atoms with Crippen LogP contribution in [0, 0.1) is 5.41 Å². The molecule has 1 heterocycles. The van der Waals surface area contributed by atoms with Gasteiger partial charge in [-0.1, -0.05) is 0 Å². The zero-order valence-corrected chi connectivity index (χ0v) is 10.7. The lowest BCUT2D eigenvalue weighted by atomic mass is 10.1. The predicted molar refractivity (Wildman–Crippen MR) is 65.8 cm³/mol. The van der Waals surface area contributed by atoms with Gasteiger partial charge in [0, 0.05) is 6.54 Å². The number of carbonyl (C=O) groups is 1. The fraction of sp³-hybridized carbons (Fsp3) is 0.727. The number of aromatic nitrogens is 3. The second kappa shape index (κ2) is 5.08. The molecule has 1 N–H and O–H groups in total. The summed E-state index contributed by atoms with van der Waals surface area (Å²) in [6.07, 6.45) is 3.98. The summed E-state index contributed by atoms with van der Waals surface area (Å²) in [6, 6.07) is 0. The van der Waals surface area contributed by atoms with E-state index in [1.54, 1.807) is 18.1 Å². The maximum absolute atomic E-state index is 10.7. The van der Waals surface area contributed by atoms with Crippen molar-refractivity contribution in [2.24, 2.45) is 5.41 Å². The Hall–Kier alpha value is -1.04. The number of carboxylic acids is 1. The highest BCUT2D eigenvalue weighted by Gasteiger charge is 2.44. The lowest BCUT2D eigenvalue weighted by Crippen LogP contribution is -2.11. The van der Waals surface area contributed by atoms with Crippen LogP contribution in [0.5, 0.6) is 0 Å². The first kappa shape index (κ1) is 12.4. The van der Waals surface area contributed by atoms with E-state index in [2.05, 4.69) is 10.1 Å². The minimum atomic E-state index is -0.681. The fourth-order valence-electron chi connectivity index (χ4n) is 1.89. The molecular weight excluding hydrogens is 238 g/mol. The summed E-state index contributed by atoms with van der Waals surface area (Å²) in [7, 11) is 0. The molecule has 0 unspecified atom stereocenters. The lowest BCUT2D eigenvalue weighted by Gasteiger charge is -2.11. The van der Waals surface area contributed by atoms with Crippen LogP contribution in [-0.4, -0.2) is 31.6 Å². The molecular formula is C11H17N3O2S. The van der Waals surface area contributed by atoms with Gasteiger partial charge >= 0.3 is 5.97 Å². The van der Waals surface area contributed by atoms with Crippen molar-refractivity contribution in [3.05, 3.63) is 12.2 Å². The molecule has 0 amide bonds. The maximum atomic E-state index is 10.7. The molecule has 1 fully saturated rings. The third-order valence-corrected chi connectivity index (χ3v) is 4.40. The summed E-state index contributed by atoms with van der Waals surface area (Å²) in [5.74, 6) is 2.02. The summed E-state index contributed by atoms with van der Waals surface area (Å²) in [5, 5.41) is 12.9. The molecule has 0 radical (unpaired) electrons. The number of thioether (sulfide) groups is 1. The average molecular weight is 255 g/mol. The van der Waals surface area contributed by atoms with Gasteiger partial charge in [0.05, 0.1) is 12.2 Å². The smallest absolute Gasteiger partial charge is 0.303 e. The van der Waals surface area contributed by atoms with Gasteiger partial charge in [0.1, 0.15) is 12.2 Å². The van der Waals surface area contributed by atoms with E-state index >= 15 is 0 Å². The monoisotopic (exact) mass is 255 g/mol. The molecule has 0 aliphatic heterocycles. The first-order valence-corrected chi connectivity index (χ1v) is 6.97. The maximum Gasteiger partial charge on any atom is 0.303 e. The van der Waals surface area contributed by atoms with Gasteiger partial charge in [-0.3, -0.25) is 4.79 Å². The molecule has 6 heteroatoms. The first-order valence-electron chi connectivity index (χ1n) is 5.81. The molecule has 1 aromatic rings. The van der Waals surface area contributed by atoms with Crippen LogP contribution in [0.25, 0.3) is 0 Å². The molecule has 0 bridgehead atoms. The molecule has 17 heavy (non-hydrogen) atoms. The van der Waals surface area contributed by atoms with E-state index in [1.165, 1.54) is 0 Å². The van der Waals surface area contributed by atoms with Crippen molar-refractivity contribution >= 4 is 17.7 Å². The van der Waals surface area contributed by atoms with Crippen LogP contribution in [-0.2, 0) is 17.1 Å². The second-order valence-electron chi connectivity index (χ2n) is 4.56. The van der Waals surface area contributed by atoms with E-state index in [4.69, 9.17) is 5.11 Å². The van der Waals surface area contributed by atoms with E-state index in [0.29, 0.717) is 6.42 Å². The van der Waals surface area contributed by atoms with Crippen LogP contribution in [0.4, 0.5) is 0 Å². The molecule has 1 saturated carbocycles. The Morgan fingerprint density at radius 3 is 3.00 bits per heavy atom. The summed E-state index contributed by atoms with van der Waals surface area (Å²) >= 11 is 1.77. The molecule has 0 saturated heterocycles. The van der Waals surface area contributed by atoms with Crippen molar-refractivity contribution in [3.63, 3.8) is 0 Å². The van der Waals surface area contributed by atoms with Crippen LogP contribution >= 0.6 is 11.8 Å². The van der Waals surface area contributed by atoms with Crippen molar-refractivity contribution in [2.45, 2.75) is 38.5 Å². The van der Waals surface area contributed by atoms with Gasteiger partial charge in [-0.25, -0.2) is 9.67 Å². The van der Waals surface area contributed by atoms with Crippen LogP contribution in [0.3, 0.4) is 0 Å². The van der Waals surface area contributed by atoms with Gasteiger partial charge in [0.15, 0.2) is 0 Å². The number of aliphatic carboxylic acids is 1. The van der Waals surface area contributed by atoms with Crippen molar-refractivity contribution in [3.8, 4) is 0 Å². The third-order valence-electron chi connectivity index (χ3n) is 3.12. The SMILES string of the molecule is CCn1ncnc1CSCC1(CC(=O)O)CC1. The zero-order valence-electron chi connectivity index (χ0n) is 9.93. The fourth-order valence-corrected chi connectivity index (χ4v) is 3.22. The second-order valence-corrected chi connectivity index (χ2v) is 5.54. The van der Waals surface area contributed by atoms with Crippen LogP contribution in [0.1, 0.15) is 32.0 Å². The first-order chi connectivity index (χ1) is 8.15. The standard InChI is InChI=1S/C11H17N3O2S/c1-2-14-9(12-8-13-14)6-17-7-11(3-4-11)5-10(15)16/h8H,2-7H2,1H3,(H,15,16). The normalized spacial score (nSPS) is 17.0. The Morgan fingerprint density at radius 1 is 1.65 bits per heavy atom. The Bertz CT molecular complexity index is 401. The Labute approximate surface area is 105 Å². The number of rotatable bonds is 7. The number of aryl methyl sites for hydroxylation is 1.